The van der Waals surface area contributed by atoms with Gasteiger partial charge < -0.3 is 14.4 Å². The summed E-state index contributed by atoms with van der Waals surface area (Å²) in [6.07, 6.45) is 23.5. The van der Waals surface area contributed by atoms with Gasteiger partial charge in [-0.1, -0.05) is 101 Å². The number of methoxy groups -OCH3 is 2. The Morgan fingerprint density at radius 2 is 1.43 bits per heavy atom. The molecule has 40 heavy (non-hydrogen) atoms. The van der Waals surface area contributed by atoms with Crippen LogP contribution in [0.3, 0.4) is 0 Å². The molecule has 1 aliphatic rings. The van der Waals surface area contributed by atoms with Gasteiger partial charge in [-0.15, -0.1) is 0 Å². The molecule has 0 radical (unpaired) electrons. The molecule has 0 bridgehead atoms. The average molecular weight is 548 g/mol. The maximum Gasteiger partial charge on any atom is 0.223 e. The Morgan fingerprint density at radius 3 is 2.08 bits per heavy atom. The zero-order valence-corrected chi connectivity index (χ0v) is 25.5. The predicted octanol–water partition coefficient (Wildman–Crippen LogP) is 9.41. The van der Waals surface area contributed by atoms with Crippen molar-refractivity contribution < 1.29 is 14.3 Å². The molecule has 0 spiro atoms. The van der Waals surface area contributed by atoms with Crippen molar-refractivity contribution in [3.63, 3.8) is 0 Å². The fourth-order valence-corrected chi connectivity index (χ4v) is 5.87. The molecular formula is C36H53NO3. The van der Waals surface area contributed by atoms with E-state index in [4.69, 9.17) is 9.47 Å². The Bertz CT molecular complexity index is 1020. The van der Waals surface area contributed by atoms with Gasteiger partial charge >= 0.3 is 0 Å². The van der Waals surface area contributed by atoms with E-state index in [0.717, 1.165) is 43.7 Å². The lowest BCUT2D eigenvalue weighted by atomic mass is 9.87. The van der Waals surface area contributed by atoms with Crippen LogP contribution < -0.4 is 9.47 Å². The van der Waals surface area contributed by atoms with E-state index in [1.807, 2.05) is 6.07 Å². The van der Waals surface area contributed by atoms with Gasteiger partial charge in [0, 0.05) is 13.0 Å². The number of nitrogens with zero attached hydrogens (tertiary/aromatic N) is 1. The zero-order valence-electron chi connectivity index (χ0n) is 25.5. The highest BCUT2D eigenvalue weighted by molar-refractivity contribution is 5.77. The molecule has 1 atom stereocenters. The van der Waals surface area contributed by atoms with Crippen LogP contribution in [0.1, 0.15) is 120 Å². The summed E-state index contributed by atoms with van der Waals surface area (Å²) >= 11 is 0. The number of allylic oxidation sites excluding steroid dienone is 2. The van der Waals surface area contributed by atoms with E-state index >= 15 is 0 Å². The number of hydrogen-bond donors (Lipinski definition) is 0. The van der Waals surface area contributed by atoms with E-state index < -0.39 is 0 Å². The molecule has 2 aromatic rings. The maximum atomic E-state index is 13.5. The van der Waals surface area contributed by atoms with Crippen molar-refractivity contribution in [3.8, 4) is 11.5 Å². The Morgan fingerprint density at radius 1 is 0.825 bits per heavy atom. The molecule has 0 N–H and O–H groups in total. The van der Waals surface area contributed by atoms with Gasteiger partial charge in [-0.05, 0) is 73.8 Å². The molecule has 3 rings (SSSR count). The topological polar surface area (TPSA) is 38.8 Å². The first-order chi connectivity index (χ1) is 19.7. The summed E-state index contributed by atoms with van der Waals surface area (Å²) in [6.45, 7) is 3.03. The van der Waals surface area contributed by atoms with Gasteiger partial charge in [0.15, 0.2) is 11.5 Å². The van der Waals surface area contributed by atoms with Crippen molar-refractivity contribution in [1.82, 2.24) is 4.90 Å². The first-order valence-corrected chi connectivity index (χ1v) is 15.9. The van der Waals surface area contributed by atoms with Gasteiger partial charge in [-0.2, -0.15) is 0 Å². The highest BCUT2D eigenvalue weighted by Gasteiger charge is 2.32. The summed E-state index contributed by atoms with van der Waals surface area (Å²) in [5.74, 6) is 1.76. The minimum absolute atomic E-state index is 0.0154. The van der Waals surface area contributed by atoms with Gasteiger partial charge in [0.05, 0.1) is 20.3 Å². The number of hydrogen-bond acceptors (Lipinski definition) is 3. The number of ether oxygens (including phenoxy) is 2. The van der Waals surface area contributed by atoms with Crippen molar-refractivity contribution in [2.45, 2.75) is 116 Å². The summed E-state index contributed by atoms with van der Waals surface area (Å²) in [5.41, 5.74) is 3.68. The van der Waals surface area contributed by atoms with Gasteiger partial charge in [0.25, 0.3) is 0 Å². The van der Waals surface area contributed by atoms with E-state index in [0.29, 0.717) is 6.42 Å². The number of benzene rings is 2. The minimum Gasteiger partial charge on any atom is -0.493 e. The standard InChI is InChI=1S/C36H53NO3/c1-4-5-6-7-8-9-10-11-12-13-14-15-16-17-21-24-36(38)37-26-25-31-28-34(39-2)35(40-3)29-32(31)33(37)27-30-22-19-18-20-23-30/h11-12,18-20,22-23,28-29,33H,4-10,13-17,21,24-27H2,1-3H3/b12-11-. The number of unbranched alkanes of at least 4 members (excludes halogenated alkanes) is 11. The summed E-state index contributed by atoms with van der Waals surface area (Å²) in [7, 11) is 3.35. The Labute approximate surface area is 244 Å². The van der Waals surface area contributed by atoms with Gasteiger partial charge in [-0.3, -0.25) is 4.79 Å². The molecule has 0 aliphatic carbocycles. The fourth-order valence-electron chi connectivity index (χ4n) is 5.87. The molecule has 0 saturated heterocycles. The third kappa shape index (κ3) is 10.3. The van der Waals surface area contributed by atoms with Crippen LogP contribution >= 0.6 is 0 Å². The SMILES string of the molecule is CCCCCCCC/C=C\CCCCCCCC(=O)N1CCc2cc(OC)c(OC)cc2C1Cc1ccccc1. The Hall–Kier alpha value is -2.75. The summed E-state index contributed by atoms with van der Waals surface area (Å²) in [6, 6.07) is 14.7. The van der Waals surface area contributed by atoms with Gasteiger partial charge in [-0.25, -0.2) is 0 Å². The average Bonchev–Trinajstić information content (AvgIpc) is 2.99. The normalized spacial score (nSPS) is 14.9. The lowest BCUT2D eigenvalue weighted by Gasteiger charge is -2.38. The fraction of sp³-hybridized carbons (Fsp3) is 0.583. The van der Waals surface area contributed by atoms with Crippen molar-refractivity contribution >= 4 is 5.91 Å². The van der Waals surface area contributed by atoms with Crippen LogP contribution in [0.2, 0.25) is 0 Å². The maximum absolute atomic E-state index is 13.5. The second-order valence-electron chi connectivity index (χ2n) is 11.3. The molecule has 1 unspecified atom stereocenters. The molecule has 0 fully saturated rings. The van der Waals surface area contributed by atoms with Crippen LogP contribution in [0.25, 0.3) is 0 Å². The van der Waals surface area contributed by atoms with E-state index in [-0.39, 0.29) is 11.9 Å². The quantitative estimate of drug-likeness (QED) is 0.130. The smallest absolute Gasteiger partial charge is 0.223 e. The van der Waals surface area contributed by atoms with E-state index in [1.165, 1.54) is 87.3 Å². The summed E-state index contributed by atoms with van der Waals surface area (Å²) in [5, 5.41) is 0. The third-order valence-electron chi connectivity index (χ3n) is 8.25. The van der Waals surface area contributed by atoms with Crippen molar-refractivity contribution in [2.24, 2.45) is 0 Å². The van der Waals surface area contributed by atoms with E-state index in [1.54, 1.807) is 14.2 Å². The molecule has 4 nitrogen and oxygen atoms in total. The molecule has 1 heterocycles. The molecule has 2 aromatic carbocycles. The second-order valence-corrected chi connectivity index (χ2v) is 11.3. The Balaban J connectivity index is 1.43. The van der Waals surface area contributed by atoms with Gasteiger partial charge in [0.1, 0.15) is 0 Å². The second kappa shape index (κ2) is 18.6. The lowest BCUT2D eigenvalue weighted by molar-refractivity contribution is -0.134. The van der Waals surface area contributed by atoms with Crippen molar-refractivity contribution in [3.05, 3.63) is 71.3 Å². The largest absolute Gasteiger partial charge is 0.493 e. The van der Waals surface area contributed by atoms with E-state index in [2.05, 4.69) is 60.4 Å². The van der Waals surface area contributed by atoms with Crippen LogP contribution in [0, 0.1) is 0 Å². The van der Waals surface area contributed by atoms with Crippen LogP contribution in [0.5, 0.6) is 11.5 Å². The molecular weight excluding hydrogens is 494 g/mol. The number of carbonyl (C=O) groups excluding carboxylic acids is 1. The van der Waals surface area contributed by atoms with E-state index in [9.17, 15) is 4.79 Å². The Kier molecular flexibility index (Phi) is 14.8. The highest BCUT2D eigenvalue weighted by atomic mass is 16.5. The molecule has 1 amide bonds. The third-order valence-corrected chi connectivity index (χ3v) is 8.25. The first kappa shape index (κ1) is 31.8. The minimum atomic E-state index is 0.0154. The monoisotopic (exact) mass is 547 g/mol. The molecule has 0 aromatic heterocycles. The number of carbonyl (C=O) groups is 1. The van der Waals surface area contributed by atoms with Crippen molar-refractivity contribution in [2.75, 3.05) is 20.8 Å². The molecule has 4 heteroatoms. The summed E-state index contributed by atoms with van der Waals surface area (Å²) in [4.78, 5) is 15.6. The number of rotatable bonds is 19. The number of amides is 1. The summed E-state index contributed by atoms with van der Waals surface area (Å²) < 4.78 is 11.2. The van der Waals surface area contributed by atoms with Crippen LogP contribution in [0.4, 0.5) is 0 Å². The predicted molar refractivity (Wildman–Crippen MR) is 167 cm³/mol. The first-order valence-electron chi connectivity index (χ1n) is 15.9. The van der Waals surface area contributed by atoms with Crippen LogP contribution in [-0.2, 0) is 17.6 Å². The van der Waals surface area contributed by atoms with Crippen molar-refractivity contribution in [1.29, 1.82) is 0 Å². The molecule has 1 aliphatic heterocycles. The van der Waals surface area contributed by atoms with Gasteiger partial charge in [0.2, 0.25) is 5.91 Å². The molecule has 0 saturated carbocycles. The molecule has 220 valence electrons. The van der Waals surface area contributed by atoms with Crippen LogP contribution in [0.15, 0.2) is 54.6 Å². The zero-order chi connectivity index (χ0) is 28.4. The van der Waals surface area contributed by atoms with Crippen LogP contribution in [-0.4, -0.2) is 31.6 Å². The lowest BCUT2D eigenvalue weighted by Crippen LogP contribution is -2.41. The highest BCUT2D eigenvalue weighted by Crippen LogP contribution is 2.39. The number of fused-ring (bicyclic) bond motifs is 1.